The number of amides is 2. The molecule has 0 saturated heterocycles. The molecule has 0 unspecified atom stereocenters. The van der Waals surface area contributed by atoms with Gasteiger partial charge in [0.1, 0.15) is 18.2 Å². The minimum Gasteiger partial charge on any atom is -0.486 e. The number of para-hydroxylation sites is 1. The Labute approximate surface area is 169 Å². The zero-order valence-electron chi connectivity index (χ0n) is 16.7. The number of benzene rings is 2. The van der Waals surface area contributed by atoms with Crippen LogP contribution in [-0.4, -0.2) is 27.9 Å². The topological polar surface area (TPSA) is 85.2 Å². The summed E-state index contributed by atoms with van der Waals surface area (Å²) >= 11 is 0. The van der Waals surface area contributed by atoms with Gasteiger partial charge in [-0.15, -0.1) is 0 Å². The Morgan fingerprint density at radius 2 is 1.76 bits per heavy atom. The number of aryl methyl sites for hydroxylation is 3. The predicted molar refractivity (Wildman–Crippen MR) is 111 cm³/mol. The van der Waals surface area contributed by atoms with Crippen LogP contribution in [-0.2, 0) is 18.4 Å². The number of nitrogens with one attached hydrogen (secondary N) is 2. The van der Waals surface area contributed by atoms with E-state index < -0.39 is 0 Å². The van der Waals surface area contributed by atoms with Crippen LogP contribution in [0, 0.1) is 13.8 Å². The van der Waals surface area contributed by atoms with E-state index in [2.05, 4.69) is 15.6 Å². The number of ether oxygens (including phenoxy) is 1. The first kappa shape index (κ1) is 20.1. The molecule has 0 aliphatic carbocycles. The fraction of sp³-hybridized carbons (Fsp3) is 0.227. The third kappa shape index (κ3) is 5.22. The average molecular weight is 392 g/mol. The molecule has 2 amide bonds. The highest BCUT2D eigenvalue weighted by molar-refractivity contribution is 5.99. The molecule has 0 atom stereocenters. The van der Waals surface area contributed by atoms with Crippen molar-refractivity contribution in [1.82, 2.24) is 14.9 Å². The fourth-order valence-electron chi connectivity index (χ4n) is 2.84. The fourth-order valence-corrected chi connectivity index (χ4v) is 2.84. The van der Waals surface area contributed by atoms with E-state index in [-0.39, 0.29) is 18.4 Å². The van der Waals surface area contributed by atoms with Crippen LogP contribution in [0.2, 0.25) is 0 Å². The van der Waals surface area contributed by atoms with Crippen LogP contribution in [0.4, 0.5) is 5.69 Å². The number of carbonyl (C=O) groups excluding carboxylic acids is 2. The molecule has 3 rings (SSSR count). The zero-order valence-corrected chi connectivity index (χ0v) is 16.7. The summed E-state index contributed by atoms with van der Waals surface area (Å²) in [6.07, 6.45) is 3.56. The molecule has 7 heteroatoms. The van der Waals surface area contributed by atoms with E-state index in [0.717, 1.165) is 22.6 Å². The highest BCUT2D eigenvalue weighted by Crippen LogP contribution is 2.19. The summed E-state index contributed by atoms with van der Waals surface area (Å²) in [5.74, 6) is 0.849. The molecule has 0 fully saturated rings. The van der Waals surface area contributed by atoms with Crippen LogP contribution in [0.5, 0.6) is 5.75 Å². The van der Waals surface area contributed by atoms with Gasteiger partial charge in [0.2, 0.25) is 5.91 Å². The quantitative estimate of drug-likeness (QED) is 0.647. The Hall–Kier alpha value is -3.61. The number of hydrogen-bond donors (Lipinski definition) is 2. The molecule has 0 aliphatic heterocycles. The van der Waals surface area contributed by atoms with Crippen molar-refractivity contribution in [1.29, 1.82) is 0 Å². The lowest BCUT2D eigenvalue weighted by molar-refractivity contribution is -0.115. The third-order valence-corrected chi connectivity index (χ3v) is 4.56. The summed E-state index contributed by atoms with van der Waals surface area (Å²) in [4.78, 5) is 28.7. The van der Waals surface area contributed by atoms with Crippen molar-refractivity contribution >= 4 is 17.5 Å². The summed E-state index contributed by atoms with van der Waals surface area (Å²) in [6.45, 7) is 4.09. The SMILES string of the molecule is Cc1cccc(C)c1NC(=O)CNC(=O)c1ccc(OCc2nccn2C)cc1. The van der Waals surface area contributed by atoms with E-state index in [4.69, 9.17) is 4.74 Å². The Bertz CT molecular complexity index is 989. The predicted octanol–water partition coefficient (Wildman–Crippen LogP) is 2.98. The van der Waals surface area contributed by atoms with Gasteiger partial charge in [-0.1, -0.05) is 18.2 Å². The average Bonchev–Trinajstić information content (AvgIpc) is 3.12. The van der Waals surface area contributed by atoms with Gasteiger partial charge in [0.15, 0.2) is 0 Å². The second kappa shape index (κ2) is 9.05. The Balaban J connectivity index is 1.50. The molecule has 2 aromatic carbocycles. The van der Waals surface area contributed by atoms with Gasteiger partial charge < -0.3 is 19.9 Å². The van der Waals surface area contributed by atoms with Gasteiger partial charge >= 0.3 is 0 Å². The molecule has 0 aliphatic rings. The van der Waals surface area contributed by atoms with Gasteiger partial charge in [-0.2, -0.15) is 0 Å². The first-order valence-corrected chi connectivity index (χ1v) is 9.27. The van der Waals surface area contributed by atoms with E-state index in [1.807, 2.05) is 49.9 Å². The molecule has 0 spiro atoms. The number of rotatable bonds is 7. The first-order valence-electron chi connectivity index (χ1n) is 9.27. The Morgan fingerprint density at radius 3 is 2.38 bits per heavy atom. The van der Waals surface area contributed by atoms with Crippen molar-refractivity contribution < 1.29 is 14.3 Å². The molecule has 150 valence electrons. The molecule has 7 nitrogen and oxygen atoms in total. The van der Waals surface area contributed by atoms with Gasteiger partial charge in [-0.25, -0.2) is 4.98 Å². The molecule has 0 bridgehead atoms. The number of aromatic nitrogens is 2. The maximum absolute atomic E-state index is 12.3. The first-order chi connectivity index (χ1) is 13.9. The van der Waals surface area contributed by atoms with Crippen molar-refractivity contribution in [3.8, 4) is 5.75 Å². The van der Waals surface area contributed by atoms with Gasteiger partial charge in [0.25, 0.3) is 5.91 Å². The number of hydrogen-bond acceptors (Lipinski definition) is 4. The lowest BCUT2D eigenvalue weighted by Gasteiger charge is -2.12. The summed E-state index contributed by atoms with van der Waals surface area (Å²) in [7, 11) is 1.90. The van der Waals surface area contributed by atoms with Crippen molar-refractivity contribution in [2.75, 3.05) is 11.9 Å². The minimum atomic E-state index is -0.322. The normalized spacial score (nSPS) is 10.4. The van der Waals surface area contributed by atoms with E-state index in [9.17, 15) is 9.59 Å². The van der Waals surface area contributed by atoms with Crippen LogP contribution >= 0.6 is 0 Å². The highest BCUT2D eigenvalue weighted by Gasteiger charge is 2.11. The largest absolute Gasteiger partial charge is 0.486 e. The molecule has 29 heavy (non-hydrogen) atoms. The molecular formula is C22H24N4O3. The van der Waals surface area contributed by atoms with Crippen LogP contribution < -0.4 is 15.4 Å². The highest BCUT2D eigenvalue weighted by atomic mass is 16.5. The minimum absolute atomic E-state index is 0.107. The van der Waals surface area contributed by atoms with Crippen molar-refractivity contribution in [2.24, 2.45) is 7.05 Å². The monoisotopic (exact) mass is 392 g/mol. The second-order valence-electron chi connectivity index (χ2n) is 6.77. The number of nitrogens with zero attached hydrogens (tertiary/aromatic N) is 2. The summed E-state index contributed by atoms with van der Waals surface area (Å²) in [5.41, 5.74) is 3.19. The standard InChI is InChI=1S/C22H24N4O3/c1-15-5-4-6-16(2)21(15)25-20(27)13-24-22(28)17-7-9-18(10-8-17)29-14-19-23-11-12-26(19)3/h4-12H,13-14H2,1-3H3,(H,24,28)(H,25,27). The Kier molecular flexibility index (Phi) is 6.29. The van der Waals surface area contributed by atoms with Crippen molar-refractivity contribution in [3.05, 3.63) is 77.4 Å². The third-order valence-electron chi connectivity index (χ3n) is 4.56. The van der Waals surface area contributed by atoms with E-state index in [1.165, 1.54) is 0 Å². The zero-order chi connectivity index (χ0) is 20.8. The molecule has 1 aromatic heterocycles. The second-order valence-corrected chi connectivity index (χ2v) is 6.77. The summed E-state index contributed by atoms with van der Waals surface area (Å²) < 4.78 is 7.55. The maximum atomic E-state index is 12.3. The van der Waals surface area contributed by atoms with Crippen LogP contribution in [0.1, 0.15) is 27.3 Å². The Morgan fingerprint density at radius 1 is 1.07 bits per heavy atom. The number of anilines is 1. The lowest BCUT2D eigenvalue weighted by Crippen LogP contribution is -2.33. The van der Waals surface area contributed by atoms with E-state index in [1.54, 1.807) is 30.5 Å². The van der Waals surface area contributed by atoms with E-state index >= 15 is 0 Å². The van der Waals surface area contributed by atoms with Crippen LogP contribution in [0.3, 0.4) is 0 Å². The molecular weight excluding hydrogens is 368 g/mol. The van der Waals surface area contributed by atoms with Gasteiger partial charge in [-0.3, -0.25) is 9.59 Å². The number of imidazole rings is 1. The smallest absolute Gasteiger partial charge is 0.251 e. The number of carbonyl (C=O) groups is 2. The van der Waals surface area contributed by atoms with Gasteiger partial charge in [0.05, 0.1) is 6.54 Å². The molecule has 2 N–H and O–H groups in total. The van der Waals surface area contributed by atoms with Gasteiger partial charge in [-0.05, 0) is 49.2 Å². The van der Waals surface area contributed by atoms with Gasteiger partial charge in [0, 0.05) is 30.7 Å². The molecule has 0 saturated carbocycles. The lowest BCUT2D eigenvalue weighted by atomic mass is 10.1. The van der Waals surface area contributed by atoms with E-state index in [0.29, 0.717) is 17.9 Å². The summed E-state index contributed by atoms with van der Waals surface area (Å²) in [6, 6.07) is 12.5. The summed E-state index contributed by atoms with van der Waals surface area (Å²) in [5, 5.41) is 5.48. The maximum Gasteiger partial charge on any atom is 0.251 e. The van der Waals surface area contributed by atoms with Crippen molar-refractivity contribution in [3.63, 3.8) is 0 Å². The van der Waals surface area contributed by atoms with Crippen LogP contribution in [0.15, 0.2) is 54.9 Å². The molecule has 3 aromatic rings. The molecule has 0 radical (unpaired) electrons. The molecule has 1 heterocycles. The van der Waals surface area contributed by atoms with Crippen molar-refractivity contribution in [2.45, 2.75) is 20.5 Å². The van der Waals surface area contributed by atoms with Crippen LogP contribution in [0.25, 0.3) is 0 Å².